The summed E-state index contributed by atoms with van der Waals surface area (Å²) in [5.74, 6) is 2.68. The third-order valence-corrected chi connectivity index (χ3v) is 11.8. The van der Waals surface area contributed by atoms with E-state index in [1.54, 1.807) is 0 Å². The first-order chi connectivity index (χ1) is 26.9. The number of anilines is 4. The summed E-state index contributed by atoms with van der Waals surface area (Å²) in [6, 6.07) is 16.7. The second kappa shape index (κ2) is 19.4. The minimum atomic E-state index is -0.350. The van der Waals surface area contributed by atoms with Gasteiger partial charge in [-0.1, -0.05) is 47.5 Å². The van der Waals surface area contributed by atoms with Gasteiger partial charge in [-0.05, 0) is 101 Å². The fourth-order valence-electron chi connectivity index (χ4n) is 8.13. The number of nitrogens with zero attached hydrogens (tertiary/aromatic N) is 6. The number of rotatable bonds is 16. The maximum Gasteiger partial charge on any atom is 0.224 e. The van der Waals surface area contributed by atoms with Crippen molar-refractivity contribution in [2.45, 2.75) is 101 Å². The summed E-state index contributed by atoms with van der Waals surface area (Å²) in [5, 5.41) is 16.1. The second-order valence-electron chi connectivity index (χ2n) is 16.0. The van der Waals surface area contributed by atoms with Crippen molar-refractivity contribution in [2.75, 3.05) is 61.7 Å². The van der Waals surface area contributed by atoms with E-state index in [4.69, 9.17) is 33.2 Å². The van der Waals surface area contributed by atoms with Gasteiger partial charge in [0.25, 0.3) is 0 Å². The zero-order valence-corrected chi connectivity index (χ0v) is 35.2. The van der Waals surface area contributed by atoms with Crippen LogP contribution in [0.1, 0.15) is 85.5 Å². The zero-order valence-electron chi connectivity index (χ0n) is 33.7. The Bertz CT molecular complexity index is 1740. The lowest BCUT2D eigenvalue weighted by Crippen LogP contribution is -2.43. The molecular weight excluding hydrogens is 743 g/mol. The Hall–Kier alpha value is -4.03. The van der Waals surface area contributed by atoms with Gasteiger partial charge in [0.15, 0.2) is 0 Å². The third-order valence-electron chi connectivity index (χ3n) is 11.3. The first kappa shape index (κ1) is 41.6. The molecule has 0 aliphatic heterocycles. The average molecular weight is 802 g/mol. The molecule has 0 amide bonds. The number of ketones is 1. The predicted molar refractivity (Wildman–Crippen MR) is 231 cm³/mol. The Morgan fingerprint density at radius 1 is 0.607 bits per heavy atom. The molecule has 300 valence electrons. The van der Waals surface area contributed by atoms with Crippen LogP contribution in [0.25, 0.3) is 0 Å². The Morgan fingerprint density at radius 3 is 1.29 bits per heavy atom. The molecule has 2 unspecified atom stereocenters. The van der Waals surface area contributed by atoms with E-state index in [0.29, 0.717) is 59.2 Å². The van der Waals surface area contributed by atoms with Gasteiger partial charge in [0.1, 0.15) is 17.4 Å². The molecule has 2 fully saturated rings. The molecule has 2 aromatic heterocycles. The number of halogens is 2. The molecule has 2 aliphatic rings. The number of benzene rings is 2. The molecule has 2 aliphatic carbocycles. The van der Waals surface area contributed by atoms with Crippen LogP contribution in [-0.4, -0.2) is 91.2 Å². The molecule has 56 heavy (non-hydrogen) atoms. The molecule has 0 saturated heterocycles. The van der Waals surface area contributed by atoms with Crippen LogP contribution in [-0.2, 0) is 4.79 Å². The summed E-state index contributed by atoms with van der Waals surface area (Å²) in [4.78, 5) is 37.5. The largest absolute Gasteiger partial charge is 0.362 e. The van der Waals surface area contributed by atoms with Crippen molar-refractivity contribution in [1.29, 1.82) is 0 Å². The van der Waals surface area contributed by atoms with Crippen molar-refractivity contribution in [1.82, 2.24) is 30.6 Å². The maximum atomic E-state index is 14.9. The van der Waals surface area contributed by atoms with E-state index in [0.717, 1.165) is 85.3 Å². The number of aryl methyl sites for hydroxylation is 2. The summed E-state index contributed by atoms with van der Waals surface area (Å²) in [7, 11) is 8.00. The van der Waals surface area contributed by atoms with Gasteiger partial charge in [-0.3, -0.25) is 4.79 Å². The Labute approximate surface area is 342 Å². The van der Waals surface area contributed by atoms with Crippen molar-refractivity contribution >= 4 is 52.5 Å². The lowest BCUT2D eigenvalue weighted by molar-refractivity contribution is -0.121. The first-order valence-electron chi connectivity index (χ1n) is 20.0. The standard InChI is InChI=1S/C43H58Cl2N10O/c1-27-23-48-42(52-40(27)54(3)4)50-35-19-15-33(16-20-35)46-25-37(29-7-11-31(44)12-8-29)39(56)38(30-9-13-32(45)14-10-30)26-47-34-17-21-36(22-18-34)51-43-49-24-28(2)41(53-43)55(5)6/h7-14,23-24,33-38,46-47H,15-22,25-26H2,1-6H3,(H,48,50,52)(H,49,51,53). The average Bonchev–Trinajstić information content (AvgIpc) is 3.19. The van der Waals surface area contributed by atoms with Crippen LogP contribution in [0.3, 0.4) is 0 Å². The summed E-state index contributed by atoms with van der Waals surface area (Å²) in [6.45, 7) is 5.16. The molecule has 0 radical (unpaired) electrons. The highest BCUT2D eigenvalue weighted by Gasteiger charge is 2.32. The molecule has 0 bridgehead atoms. The first-order valence-corrected chi connectivity index (χ1v) is 20.8. The van der Waals surface area contributed by atoms with Crippen LogP contribution in [0.2, 0.25) is 10.0 Å². The van der Waals surface area contributed by atoms with Crippen molar-refractivity contribution in [3.05, 3.63) is 93.2 Å². The highest BCUT2D eigenvalue weighted by atomic mass is 35.5. The van der Waals surface area contributed by atoms with Crippen molar-refractivity contribution in [3.8, 4) is 0 Å². The highest BCUT2D eigenvalue weighted by Crippen LogP contribution is 2.31. The van der Waals surface area contributed by atoms with Gasteiger partial charge in [0, 0.05) is 99.0 Å². The molecule has 2 saturated carbocycles. The monoisotopic (exact) mass is 800 g/mol. The van der Waals surface area contributed by atoms with Gasteiger partial charge >= 0.3 is 0 Å². The Morgan fingerprint density at radius 2 is 0.946 bits per heavy atom. The molecule has 4 N–H and O–H groups in total. The Kier molecular flexibility index (Phi) is 14.4. The fraction of sp³-hybridized carbons (Fsp3) is 0.512. The molecule has 6 rings (SSSR count). The SMILES string of the molecule is Cc1cnc(NC2CCC(NCC(C(=O)C(CNC3CCC(Nc4ncc(C)c(N(C)C)n4)CC3)c3ccc(Cl)cc3)c3ccc(Cl)cc3)CC2)nc1N(C)C. The number of aromatic nitrogens is 4. The van der Waals surface area contributed by atoms with E-state index >= 15 is 0 Å². The summed E-state index contributed by atoms with van der Waals surface area (Å²) >= 11 is 12.7. The molecule has 4 aromatic rings. The molecule has 2 heterocycles. The van der Waals surface area contributed by atoms with E-state index < -0.39 is 0 Å². The Balaban J connectivity index is 1.09. The van der Waals surface area contributed by atoms with Gasteiger partial charge in [0.2, 0.25) is 11.9 Å². The van der Waals surface area contributed by atoms with Gasteiger partial charge < -0.3 is 31.1 Å². The van der Waals surface area contributed by atoms with Crippen LogP contribution >= 0.6 is 23.2 Å². The van der Waals surface area contributed by atoms with Gasteiger partial charge in [-0.2, -0.15) is 9.97 Å². The molecule has 13 heteroatoms. The van der Waals surface area contributed by atoms with E-state index in [1.165, 1.54) is 0 Å². The van der Waals surface area contributed by atoms with Gasteiger partial charge in [-0.25, -0.2) is 9.97 Å². The van der Waals surface area contributed by atoms with Crippen molar-refractivity contribution < 1.29 is 4.79 Å². The minimum Gasteiger partial charge on any atom is -0.362 e. The van der Waals surface area contributed by atoms with Crippen LogP contribution in [0.4, 0.5) is 23.5 Å². The van der Waals surface area contributed by atoms with E-state index in [9.17, 15) is 4.79 Å². The van der Waals surface area contributed by atoms with E-state index in [-0.39, 0.29) is 17.6 Å². The summed E-state index contributed by atoms with van der Waals surface area (Å²) < 4.78 is 0. The number of hydrogen-bond acceptors (Lipinski definition) is 11. The van der Waals surface area contributed by atoms with Crippen molar-refractivity contribution in [3.63, 3.8) is 0 Å². The van der Waals surface area contributed by atoms with E-state index in [2.05, 4.69) is 31.2 Å². The topological polar surface area (TPSA) is 123 Å². The molecule has 2 atom stereocenters. The minimum absolute atomic E-state index is 0.182. The number of Topliss-reactive ketones (excluding diaryl/α,β-unsaturated/α-hetero) is 1. The van der Waals surface area contributed by atoms with Gasteiger partial charge in [-0.15, -0.1) is 0 Å². The van der Waals surface area contributed by atoms with Crippen LogP contribution in [0.5, 0.6) is 0 Å². The fourth-order valence-corrected chi connectivity index (χ4v) is 8.38. The van der Waals surface area contributed by atoms with E-state index in [1.807, 2.05) is 113 Å². The zero-order chi connectivity index (χ0) is 39.8. The third kappa shape index (κ3) is 11.1. The number of carbonyl (C=O) groups excluding carboxylic acids is 1. The van der Waals surface area contributed by atoms with Crippen LogP contribution < -0.4 is 31.1 Å². The number of hydrogen-bond donors (Lipinski definition) is 4. The predicted octanol–water partition coefficient (Wildman–Crippen LogP) is 7.78. The highest BCUT2D eigenvalue weighted by molar-refractivity contribution is 6.30. The number of nitrogens with one attached hydrogen (secondary N) is 4. The normalized spacial score (nSPS) is 20.9. The molecule has 11 nitrogen and oxygen atoms in total. The van der Waals surface area contributed by atoms with Crippen LogP contribution in [0.15, 0.2) is 60.9 Å². The summed E-state index contributed by atoms with van der Waals surface area (Å²) in [5.41, 5.74) is 4.04. The maximum absolute atomic E-state index is 14.9. The van der Waals surface area contributed by atoms with Gasteiger partial charge in [0.05, 0.1) is 11.8 Å². The summed E-state index contributed by atoms with van der Waals surface area (Å²) in [6.07, 6.45) is 11.7. The molecular formula is C43H58Cl2N10O. The molecule has 0 spiro atoms. The smallest absolute Gasteiger partial charge is 0.224 e. The lowest BCUT2D eigenvalue weighted by atomic mass is 9.82. The van der Waals surface area contributed by atoms with Crippen LogP contribution in [0, 0.1) is 13.8 Å². The lowest BCUT2D eigenvalue weighted by Gasteiger charge is -2.33. The number of carbonyl (C=O) groups is 1. The second-order valence-corrected chi connectivity index (χ2v) is 16.9. The quantitative estimate of drug-likeness (QED) is 0.0889. The van der Waals surface area contributed by atoms with Crippen molar-refractivity contribution in [2.24, 2.45) is 0 Å². The molecule has 2 aromatic carbocycles.